The second-order valence-corrected chi connectivity index (χ2v) is 4.82. The molecule has 22 heavy (non-hydrogen) atoms. The Morgan fingerprint density at radius 2 is 1.86 bits per heavy atom. The van der Waals surface area contributed by atoms with Crippen molar-refractivity contribution in [3.8, 4) is 0 Å². The normalized spacial score (nSPS) is 10.6. The van der Waals surface area contributed by atoms with Crippen molar-refractivity contribution in [2.24, 2.45) is 0 Å². The number of benzene rings is 2. The Kier molecular flexibility index (Phi) is 3.30. The van der Waals surface area contributed by atoms with Crippen molar-refractivity contribution in [3.63, 3.8) is 0 Å². The standard InChI is InChI=1S/C15H12N4O3/c1-8-2-4-10(7-11(8)15(21)22)16-14(20)9-3-5-12-13(6-9)18-19-17-12/h2-7H,1H3,(H,16,20)(H,21,22)(H,17,18,19). The van der Waals surface area contributed by atoms with E-state index in [1.54, 1.807) is 37.3 Å². The molecule has 0 saturated carbocycles. The molecule has 0 saturated heterocycles. The van der Waals surface area contributed by atoms with Crippen LogP contribution in [0.5, 0.6) is 0 Å². The first-order chi connectivity index (χ1) is 10.5. The van der Waals surface area contributed by atoms with Gasteiger partial charge >= 0.3 is 5.97 Å². The minimum absolute atomic E-state index is 0.157. The Bertz CT molecular complexity index is 885. The molecule has 0 fully saturated rings. The molecule has 3 aromatic rings. The molecule has 0 spiro atoms. The second kappa shape index (κ2) is 5.28. The monoisotopic (exact) mass is 296 g/mol. The number of aromatic carboxylic acids is 1. The number of carbonyl (C=O) groups is 2. The highest BCUT2D eigenvalue weighted by molar-refractivity contribution is 6.06. The van der Waals surface area contributed by atoms with Crippen LogP contribution in [0.4, 0.5) is 5.69 Å². The molecule has 110 valence electrons. The number of aromatic nitrogens is 3. The molecule has 3 N–H and O–H groups in total. The van der Waals surface area contributed by atoms with E-state index in [1.807, 2.05) is 0 Å². The Labute approximate surface area is 125 Å². The minimum Gasteiger partial charge on any atom is -0.478 e. The quantitative estimate of drug-likeness (QED) is 0.686. The smallest absolute Gasteiger partial charge is 0.336 e. The molecule has 1 heterocycles. The zero-order valence-electron chi connectivity index (χ0n) is 11.6. The van der Waals surface area contributed by atoms with Gasteiger partial charge in [-0.05, 0) is 42.8 Å². The Morgan fingerprint density at radius 1 is 1.09 bits per heavy atom. The summed E-state index contributed by atoms with van der Waals surface area (Å²) < 4.78 is 0. The van der Waals surface area contributed by atoms with Gasteiger partial charge in [0.1, 0.15) is 11.0 Å². The van der Waals surface area contributed by atoms with Crippen LogP contribution in [0.25, 0.3) is 11.0 Å². The first-order valence-corrected chi connectivity index (χ1v) is 6.50. The average Bonchev–Trinajstić information content (AvgIpc) is 2.96. The average molecular weight is 296 g/mol. The van der Waals surface area contributed by atoms with E-state index in [2.05, 4.69) is 20.7 Å². The van der Waals surface area contributed by atoms with Crippen LogP contribution in [-0.4, -0.2) is 32.4 Å². The van der Waals surface area contributed by atoms with Crippen molar-refractivity contribution in [2.45, 2.75) is 6.92 Å². The molecule has 0 radical (unpaired) electrons. The van der Waals surface area contributed by atoms with Crippen LogP contribution in [0.15, 0.2) is 36.4 Å². The van der Waals surface area contributed by atoms with Gasteiger partial charge in [0.25, 0.3) is 5.91 Å². The topological polar surface area (TPSA) is 108 Å². The minimum atomic E-state index is -1.03. The zero-order chi connectivity index (χ0) is 15.7. The molecule has 1 aromatic heterocycles. The summed E-state index contributed by atoms with van der Waals surface area (Å²) in [6.45, 7) is 1.70. The Balaban J connectivity index is 1.87. The summed E-state index contributed by atoms with van der Waals surface area (Å²) in [7, 11) is 0. The number of H-pyrrole nitrogens is 1. The van der Waals surface area contributed by atoms with Gasteiger partial charge < -0.3 is 10.4 Å². The maximum atomic E-state index is 12.2. The number of nitrogens with one attached hydrogen (secondary N) is 2. The number of carbonyl (C=O) groups excluding carboxylic acids is 1. The fourth-order valence-corrected chi connectivity index (χ4v) is 2.11. The number of carboxylic acid groups (broad SMARTS) is 1. The van der Waals surface area contributed by atoms with E-state index in [4.69, 9.17) is 5.11 Å². The third kappa shape index (κ3) is 2.51. The molecule has 0 unspecified atom stereocenters. The van der Waals surface area contributed by atoms with Crippen LogP contribution in [0.3, 0.4) is 0 Å². The first kappa shape index (κ1) is 13.7. The van der Waals surface area contributed by atoms with Gasteiger partial charge in [0, 0.05) is 11.3 Å². The van der Waals surface area contributed by atoms with Gasteiger partial charge in [0.2, 0.25) is 0 Å². The highest BCUT2D eigenvalue weighted by Gasteiger charge is 2.11. The molecular weight excluding hydrogens is 284 g/mol. The molecule has 3 rings (SSSR count). The molecule has 0 bridgehead atoms. The first-order valence-electron chi connectivity index (χ1n) is 6.50. The Morgan fingerprint density at radius 3 is 2.64 bits per heavy atom. The molecular formula is C15H12N4O3. The summed E-state index contributed by atoms with van der Waals surface area (Å²) in [5.74, 6) is -1.37. The number of aryl methyl sites for hydroxylation is 1. The third-order valence-corrected chi connectivity index (χ3v) is 3.30. The van der Waals surface area contributed by atoms with E-state index in [1.165, 1.54) is 6.07 Å². The number of fused-ring (bicyclic) bond motifs is 1. The van der Waals surface area contributed by atoms with Crippen molar-refractivity contribution in [1.82, 2.24) is 15.4 Å². The summed E-state index contributed by atoms with van der Waals surface area (Å²) in [5.41, 5.74) is 2.88. The number of anilines is 1. The number of rotatable bonds is 3. The molecule has 0 aliphatic heterocycles. The number of amides is 1. The van der Waals surface area contributed by atoms with E-state index in [0.29, 0.717) is 27.8 Å². The van der Waals surface area contributed by atoms with Crippen LogP contribution in [-0.2, 0) is 0 Å². The molecule has 0 aliphatic carbocycles. The molecule has 1 amide bonds. The van der Waals surface area contributed by atoms with Crippen LogP contribution >= 0.6 is 0 Å². The number of hydrogen-bond acceptors (Lipinski definition) is 4. The fraction of sp³-hybridized carbons (Fsp3) is 0.0667. The van der Waals surface area contributed by atoms with Crippen LogP contribution in [0, 0.1) is 6.92 Å². The van der Waals surface area contributed by atoms with Crippen LogP contribution in [0.1, 0.15) is 26.3 Å². The molecule has 2 aromatic carbocycles. The summed E-state index contributed by atoms with van der Waals surface area (Å²) >= 11 is 0. The second-order valence-electron chi connectivity index (χ2n) is 4.82. The third-order valence-electron chi connectivity index (χ3n) is 3.30. The van der Waals surface area contributed by atoms with Gasteiger partial charge in [-0.15, -0.1) is 0 Å². The Hall–Kier alpha value is -3.22. The number of aromatic amines is 1. The van der Waals surface area contributed by atoms with Gasteiger partial charge in [0.15, 0.2) is 0 Å². The molecule has 0 aliphatic rings. The summed E-state index contributed by atoms with van der Waals surface area (Å²) in [4.78, 5) is 23.3. The van der Waals surface area contributed by atoms with E-state index in [9.17, 15) is 9.59 Å². The number of nitrogens with zero attached hydrogens (tertiary/aromatic N) is 2. The maximum Gasteiger partial charge on any atom is 0.336 e. The van der Waals surface area contributed by atoms with E-state index < -0.39 is 5.97 Å². The summed E-state index contributed by atoms with van der Waals surface area (Å²) in [6.07, 6.45) is 0. The predicted octanol–water partition coefficient (Wildman–Crippen LogP) is 2.22. The number of hydrogen-bond donors (Lipinski definition) is 3. The lowest BCUT2D eigenvalue weighted by atomic mass is 10.1. The van der Waals surface area contributed by atoms with Gasteiger partial charge in [-0.25, -0.2) is 4.79 Å². The highest BCUT2D eigenvalue weighted by atomic mass is 16.4. The van der Waals surface area contributed by atoms with Crippen molar-refractivity contribution in [2.75, 3.05) is 5.32 Å². The van der Waals surface area contributed by atoms with Crippen molar-refractivity contribution >= 4 is 28.6 Å². The zero-order valence-corrected chi connectivity index (χ0v) is 11.6. The van der Waals surface area contributed by atoms with E-state index in [-0.39, 0.29) is 11.5 Å². The van der Waals surface area contributed by atoms with Crippen molar-refractivity contribution < 1.29 is 14.7 Å². The van der Waals surface area contributed by atoms with Crippen molar-refractivity contribution in [3.05, 3.63) is 53.1 Å². The molecule has 7 nitrogen and oxygen atoms in total. The highest BCUT2D eigenvalue weighted by Crippen LogP contribution is 2.17. The molecule has 0 atom stereocenters. The van der Waals surface area contributed by atoms with Gasteiger partial charge in [-0.1, -0.05) is 6.07 Å². The van der Waals surface area contributed by atoms with Gasteiger partial charge in [-0.2, -0.15) is 15.4 Å². The van der Waals surface area contributed by atoms with E-state index >= 15 is 0 Å². The SMILES string of the molecule is Cc1ccc(NC(=O)c2ccc3n[nH]nc3c2)cc1C(=O)O. The predicted molar refractivity (Wildman–Crippen MR) is 80.0 cm³/mol. The lowest BCUT2D eigenvalue weighted by Crippen LogP contribution is -2.12. The fourth-order valence-electron chi connectivity index (χ4n) is 2.11. The van der Waals surface area contributed by atoms with Crippen molar-refractivity contribution in [1.29, 1.82) is 0 Å². The van der Waals surface area contributed by atoms with E-state index in [0.717, 1.165) is 0 Å². The maximum absolute atomic E-state index is 12.2. The lowest BCUT2D eigenvalue weighted by Gasteiger charge is -2.08. The van der Waals surface area contributed by atoms with Crippen LogP contribution < -0.4 is 5.32 Å². The summed E-state index contributed by atoms with van der Waals surface area (Å²) in [6, 6.07) is 9.68. The van der Waals surface area contributed by atoms with Gasteiger partial charge in [0.05, 0.1) is 5.56 Å². The lowest BCUT2D eigenvalue weighted by molar-refractivity contribution is 0.0695. The van der Waals surface area contributed by atoms with Gasteiger partial charge in [-0.3, -0.25) is 4.79 Å². The summed E-state index contributed by atoms with van der Waals surface area (Å²) in [5, 5.41) is 22.1. The van der Waals surface area contributed by atoms with Crippen LogP contribution in [0.2, 0.25) is 0 Å². The number of carboxylic acids is 1. The molecule has 7 heteroatoms. The largest absolute Gasteiger partial charge is 0.478 e.